The fraction of sp³-hybridized carbons (Fsp3) is 0.312. The van der Waals surface area contributed by atoms with Crippen LogP contribution in [0.15, 0.2) is 30.6 Å². The number of nitrogens with zero attached hydrogens (tertiary/aromatic N) is 1. The number of aryl methyl sites for hydroxylation is 1. The van der Waals surface area contributed by atoms with Crippen LogP contribution >= 0.6 is 0 Å². The fourth-order valence-electron chi connectivity index (χ4n) is 2.22. The summed E-state index contributed by atoms with van der Waals surface area (Å²) in [5.41, 5.74) is 1.73. The molecule has 0 aliphatic carbocycles. The molecule has 2 nitrogen and oxygen atoms in total. The Morgan fingerprint density at radius 1 is 1.10 bits per heavy atom. The van der Waals surface area contributed by atoms with Gasteiger partial charge in [-0.2, -0.15) is 0 Å². The highest BCUT2D eigenvalue weighted by atomic mass is 19.2. The lowest BCUT2D eigenvalue weighted by atomic mass is 9.96. The lowest BCUT2D eigenvalue weighted by molar-refractivity contribution is 0.432. The normalized spacial score (nSPS) is 12.4. The average molecular weight is 294 g/mol. The van der Waals surface area contributed by atoms with Crippen molar-refractivity contribution in [1.29, 1.82) is 0 Å². The van der Waals surface area contributed by atoms with Crippen molar-refractivity contribution < 1.29 is 13.2 Å². The van der Waals surface area contributed by atoms with Crippen molar-refractivity contribution in [3.63, 3.8) is 0 Å². The molecule has 0 aliphatic rings. The third-order valence-electron chi connectivity index (χ3n) is 3.37. The number of hydrogen-bond acceptors (Lipinski definition) is 2. The quantitative estimate of drug-likeness (QED) is 0.846. The Morgan fingerprint density at radius 2 is 1.86 bits per heavy atom. The van der Waals surface area contributed by atoms with E-state index in [4.69, 9.17) is 0 Å². The van der Waals surface area contributed by atoms with Crippen molar-refractivity contribution in [1.82, 2.24) is 10.3 Å². The monoisotopic (exact) mass is 294 g/mol. The second-order valence-corrected chi connectivity index (χ2v) is 4.88. The van der Waals surface area contributed by atoms with Gasteiger partial charge in [0.2, 0.25) is 0 Å². The zero-order valence-electron chi connectivity index (χ0n) is 12.0. The van der Waals surface area contributed by atoms with E-state index in [1.165, 1.54) is 6.07 Å². The SMILES string of the molecule is CCCNC(c1cnccc1C)c1ccc(F)c(F)c1F. The Hall–Kier alpha value is -1.88. The van der Waals surface area contributed by atoms with Crippen molar-refractivity contribution in [2.75, 3.05) is 6.54 Å². The maximum absolute atomic E-state index is 14.1. The molecule has 1 N–H and O–H groups in total. The van der Waals surface area contributed by atoms with Gasteiger partial charge in [0.25, 0.3) is 0 Å². The molecule has 0 spiro atoms. The number of pyridine rings is 1. The molecule has 0 saturated carbocycles. The first kappa shape index (κ1) is 15.5. The van der Waals surface area contributed by atoms with Gasteiger partial charge in [-0.05, 0) is 43.1 Å². The van der Waals surface area contributed by atoms with Crippen molar-refractivity contribution in [3.05, 3.63) is 64.7 Å². The second kappa shape index (κ2) is 6.72. The predicted octanol–water partition coefficient (Wildman–Crippen LogP) is 3.90. The van der Waals surface area contributed by atoms with Crippen LogP contribution in [-0.2, 0) is 0 Å². The van der Waals surface area contributed by atoms with Crippen LogP contribution in [0.4, 0.5) is 13.2 Å². The summed E-state index contributed by atoms with van der Waals surface area (Å²) in [4.78, 5) is 4.04. The molecular weight excluding hydrogens is 277 g/mol. The Kier molecular flexibility index (Phi) is 4.96. The van der Waals surface area contributed by atoms with E-state index in [-0.39, 0.29) is 5.56 Å². The summed E-state index contributed by atoms with van der Waals surface area (Å²) in [6, 6.07) is 3.45. The lowest BCUT2D eigenvalue weighted by Gasteiger charge is -2.21. The predicted molar refractivity (Wildman–Crippen MR) is 75.4 cm³/mol. The zero-order valence-corrected chi connectivity index (χ0v) is 12.0. The molecule has 21 heavy (non-hydrogen) atoms. The minimum atomic E-state index is -1.45. The van der Waals surface area contributed by atoms with E-state index in [0.29, 0.717) is 6.54 Å². The van der Waals surface area contributed by atoms with Crippen LogP contribution in [0.25, 0.3) is 0 Å². The first-order valence-corrected chi connectivity index (χ1v) is 6.83. The molecule has 0 aliphatic heterocycles. The standard InChI is InChI=1S/C16H17F3N2/c1-3-7-21-16(12-9-20-8-6-10(12)2)11-4-5-13(17)15(19)14(11)18/h4-6,8-9,16,21H,3,7H2,1-2H3. The highest BCUT2D eigenvalue weighted by Crippen LogP contribution is 2.28. The molecule has 1 unspecified atom stereocenters. The average Bonchev–Trinajstić information content (AvgIpc) is 2.48. The van der Waals surface area contributed by atoms with Crippen LogP contribution in [0, 0.1) is 24.4 Å². The van der Waals surface area contributed by atoms with Crippen LogP contribution in [-0.4, -0.2) is 11.5 Å². The van der Waals surface area contributed by atoms with Crippen LogP contribution in [0.1, 0.15) is 36.1 Å². The van der Waals surface area contributed by atoms with Crippen LogP contribution in [0.3, 0.4) is 0 Å². The van der Waals surface area contributed by atoms with E-state index in [2.05, 4.69) is 10.3 Å². The third-order valence-corrected chi connectivity index (χ3v) is 3.37. The van der Waals surface area contributed by atoms with Crippen molar-refractivity contribution in [3.8, 4) is 0 Å². The second-order valence-electron chi connectivity index (χ2n) is 4.88. The summed E-state index contributed by atoms with van der Waals surface area (Å²) >= 11 is 0. The largest absolute Gasteiger partial charge is 0.306 e. The molecule has 5 heteroatoms. The van der Waals surface area contributed by atoms with Crippen molar-refractivity contribution in [2.24, 2.45) is 0 Å². The molecule has 1 heterocycles. The fourth-order valence-corrected chi connectivity index (χ4v) is 2.22. The maximum atomic E-state index is 14.1. The summed E-state index contributed by atoms with van der Waals surface area (Å²) < 4.78 is 40.7. The summed E-state index contributed by atoms with van der Waals surface area (Å²) in [6.45, 7) is 4.47. The van der Waals surface area contributed by atoms with Crippen molar-refractivity contribution in [2.45, 2.75) is 26.3 Å². The smallest absolute Gasteiger partial charge is 0.194 e. The van der Waals surface area contributed by atoms with Gasteiger partial charge in [0.15, 0.2) is 17.5 Å². The number of rotatable bonds is 5. The molecule has 0 bridgehead atoms. The first-order chi connectivity index (χ1) is 10.1. The van der Waals surface area contributed by atoms with Gasteiger partial charge in [0.1, 0.15) is 0 Å². The number of halogens is 3. The number of aromatic nitrogens is 1. The van der Waals surface area contributed by atoms with Crippen LogP contribution < -0.4 is 5.32 Å². The summed E-state index contributed by atoms with van der Waals surface area (Å²) in [5, 5.41) is 3.16. The Morgan fingerprint density at radius 3 is 2.52 bits per heavy atom. The Labute approximate surface area is 122 Å². The van der Waals surface area contributed by atoms with E-state index in [9.17, 15) is 13.2 Å². The van der Waals surface area contributed by atoms with Gasteiger partial charge in [0, 0.05) is 18.0 Å². The highest BCUT2D eigenvalue weighted by molar-refractivity contribution is 5.36. The van der Waals surface area contributed by atoms with Gasteiger partial charge in [-0.3, -0.25) is 4.98 Å². The molecule has 112 valence electrons. The molecule has 0 saturated heterocycles. The topological polar surface area (TPSA) is 24.9 Å². The van der Waals surface area contributed by atoms with E-state index in [1.807, 2.05) is 13.8 Å². The molecule has 2 aromatic rings. The molecule has 0 amide bonds. The highest BCUT2D eigenvalue weighted by Gasteiger charge is 2.23. The first-order valence-electron chi connectivity index (χ1n) is 6.83. The molecule has 1 atom stereocenters. The van der Waals surface area contributed by atoms with Gasteiger partial charge >= 0.3 is 0 Å². The van der Waals surface area contributed by atoms with E-state index < -0.39 is 23.5 Å². The number of hydrogen-bond donors (Lipinski definition) is 1. The molecule has 1 aromatic carbocycles. The molecule has 2 rings (SSSR count). The number of nitrogens with one attached hydrogen (secondary N) is 1. The minimum absolute atomic E-state index is 0.0819. The lowest BCUT2D eigenvalue weighted by Crippen LogP contribution is -2.25. The molecule has 0 radical (unpaired) electrons. The van der Waals surface area contributed by atoms with Crippen LogP contribution in [0.5, 0.6) is 0 Å². The summed E-state index contributed by atoms with van der Waals surface area (Å²) in [5.74, 6) is -3.79. The third kappa shape index (κ3) is 3.24. The number of benzene rings is 1. The van der Waals surface area contributed by atoms with Gasteiger partial charge in [0.05, 0.1) is 6.04 Å². The molecular formula is C16H17F3N2. The molecule has 0 fully saturated rings. The van der Waals surface area contributed by atoms with Gasteiger partial charge < -0.3 is 5.32 Å². The van der Waals surface area contributed by atoms with Gasteiger partial charge in [-0.25, -0.2) is 13.2 Å². The Balaban J connectivity index is 2.51. The molecule has 1 aromatic heterocycles. The summed E-state index contributed by atoms with van der Waals surface area (Å²) in [6.07, 6.45) is 4.09. The van der Waals surface area contributed by atoms with Crippen molar-refractivity contribution >= 4 is 0 Å². The van der Waals surface area contributed by atoms with E-state index >= 15 is 0 Å². The van der Waals surface area contributed by atoms with Gasteiger partial charge in [-0.1, -0.05) is 13.0 Å². The summed E-state index contributed by atoms with van der Waals surface area (Å²) in [7, 11) is 0. The Bertz CT molecular complexity index is 629. The minimum Gasteiger partial charge on any atom is -0.306 e. The van der Waals surface area contributed by atoms with E-state index in [0.717, 1.165) is 23.6 Å². The van der Waals surface area contributed by atoms with E-state index in [1.54, 1.807) is 18.5 Å². The zero-order chi connectivity index (χ0) is 15.4. The van der Waals surface area contributed by atoms with Gasteiger partial charge in [-0.15, -0.1) is 0 Å². The van der Waals surface area contributed by atoms with Crippen LogP contribution in [0.2, 0.25) is 0 Å². The maximum Gasteiger partial charge on any atom is 0.194 e.